The van der Waals surface area contributed by atoms with Gasteiger partial charge in [0, 0.05) is 6.07 Å². The van der Waals surface area contributed by atoms with E-state index in [1.807, 2.05) is 0 Å². The number of nitrogens with one attached hydrogen (secondary N) is 2. The van der Waals surface area contributed by atoms with Gasteiger partial charge in [-0.25, -0.2) is 13.8 Å². The van der Waals surface area contributed by atoms with Crippen molar-refractivity contribution in [1.29, 1.82) is 0 Å². The minimum atomic E-state index is -4.47. The van der Waals surface area contributed by atoms with Crippen molar-refractivity contribution in [3.8, 4) is 0 Å². The first-order chi connectivity index (χ1) is 12.9. The molecule has 0 bridgehead atoms. The number of anilines is 1. The lowest BCUT2D eigenvalue weighted by molar-refractivity contribution is -0.137. The van der Waals surface area contributed by atoms with Gasteiger partial charge in [0.2, 0.25) is 5.95 Å². The maximum absolute atomic E-state index is 13.0. The van der Waals surface area contributed by atoms with E-state index in [0.717, 1.165) is 23.1 Å². The molecular weight excluding hydrogens is 387 g/mol. The van der Waals surface area contributed by atoms with Gasteiger partial charge in [-0.2, -0.15) is 13.2 Å². The van der Waals surface area contributed by atoms with Gasteiger partial charge in [-0.15, -0.1) is 0 Å². The first kappa shape index (κ1) is 19.8. The van der Waals surface area contributed by atoms with Gasteiger partial charge in [0.25, 0.3) is 17.4 Å². The highest BCUT2D eigenvalue weighted by atomic mass is 19.4. The molecule has 1 unspecified atom stereocenters. The highest BCUT2D eigenvalue weighted by Gasteiger charge is 2.45. The van der Waals surface area contributed by atoms with Gasteiger partial charge in [-0.1, -0.05) is 12.1 Å². The van der Waals surface area contributed by atoms with E-state index in [2.05, 4.69) is 15.3 Å². The fourth-order valence-electron chi connectivity index (χ4n) is 2.69. The Kier molecular flexibility index (Phi) is 4.86. The number of aromatic amines is 1. The summed E-state index contributed by atoms with van der Waals surface area (Å²) >= 11 is 0. The zero-order valence-corrected chi connectivity index (χ0v) is 14.5. The molecule has 6 nitrogen and oxygen atoms in total. The Morgan fingerprint density at radius 1 is 1.25 bits per heavy atom. The normalized spacial score (nSPS) is 17.0. The summed E-state index contributed by atoms with van der Waals surface area (Å²) in [6.45, 7) is 0.302. The lowest BCUT2D eigenvalue weighted by Gasteiger charge is -2.38. The first-order valence-electron chi connectivity index (χ1n) is 8.17. The second kappa shape index (κ2) is 6.88. The number of aromatic nitrogens is 2. The van der Waals surface area contributed by atoms with Crippen LogP contribution in [-0.2, 0) is 6.18 Å². The van der Waals surface area contributed by atoms with Crippen LogP contribution in [0.2, 0.25) is 0 Å². The smallest absolute Gasteiger partial charge is 0.344 e. The Bertz CT molecular complexity index is 932. The number of carbonyl (C=O) groups excluding carboxylic acids is 1. The van der Waals surface area contributed by atoms with Crippen molar-refractivity contribution in [2.24, 2.45) is 0 Å². The average molecular weight is 402 g/mol. The second-order valence-corrected chi connectivity index (χ2v) is 6.48. The third-order valence-electron chi connectivity index (χ3n) is 4.19. The van der Waals surface area contributed by atoms with Crippen molar-refractivity contribution in [1.82, 2.24) is 15.3 Å². The summed E-state index contributed by atoms with van der Waals surface area (Å²) in [7, 11) is 0. The van der Waals surface area contributed by atoms with E-state index in [4.69, 9.17) is 0 Å². The van der Waals surface area contributed by atoms with E-state index < -0.39 is 48.3 Å². The summed E-state index contributed by atoms with van der Waals surface area (Å²) in [6, 6.07) is 4.49. The van der Waals surface area contributed by atoms with Crippen molar-refractivity contribution < 1.29 is 26.7 Å². The van der Waals surface area contributed by atoms with E-state index in [1.165, 1.54) is 12.1 Å². The Labute approximate surface area is 155 Å². The van der Waals surface area contributed by atoms with Crippen LogP contribution in [0.25, 0.3) is 0 Å². The number of H-pyrrole nitrogens is 1. The molecule has 0 aliphatic carbocycles. The van der Waals surface area contributed by atoms with E-state index >= 15 is 0 Å². The highest BCUT2D eigenvalue weighted by Crippen LogP contribution is 2.30. The van der Waals surface area contributed by atoms with Crippen LogP contribution in [0.5, 0.6) is 0 Å². The molecule has 0 radical (unpaired) electrons. The molecule has 1 atom stereocenters. The van der Waals surface area contributed by atoms with Crippen molar-refractivity contribution in [3.05, 3.63) is 57.5 Å². The Hall–Kier alpha value is -2.98. The molecule has 150 valence electrons. The minimum Gasteiger partial charge on any atom is -0.344 e. The van der Waals surface area contributed by atoms with Crippen LogP contribution in [0, 0.1) is 0 Å². The standard InChI is InChI=1S/C17H15F5N4O2/c1-9(10-2-4-11(5-3-10)17(20,21)22)23-14(28)12-6-13(27)25-15(24-12)26-7-16(18,19)8-26/h2-6,9H,7-8H2,1H3,(H,23,28)(H,24,25,27). The molecule has 2 heterocycles. The van der Waals surface area contributed by atoms with Crippen LogP contribution in [0.1, 0.15) is 34.6 Å². The van der Waals surface area contributed by atoms with E-state index in [-0.39, 0.29) is 11.6 Å². The number of amides is 1. The van der Waals surface area contributed by atoms with E-state index in [9.17, 15) is 31.5 Å². The fourth-order valence-corrected chi connectivity index (χ4v) is 2.69. The van der Waals surface area contributed by atoms with Crippen molar-refractivity contribution in [3.63, 3.8) is 0 Å². The number of halogens is 5. The predicted octanol–water partition coefficient (Wildman–Crippen LogP) is 2.74. The highest BCUT2D eigenvalue weighted by molar-refractivity contribution is 5.92. The van der Waals surface area contributed by atoms with Crippen molar-refractivity contribution >= 4 is 11.9 Å². The third kappa shape index (κ3) is 4.29. The van der Waals surface area contributed by atoms with Gasteiger partial charge >= 0.3 is 6.18 Å². The minimum absolute atomic E-state index is 0.147. The van der Waals surface area contributed by atoms with Crippen LogP contribution in [0.4, 0.5) is 27.9 Å². The van der Waals surface area contributed by atoms with Crippen LogP contribution in [-0.4, -0.2) is 34.9 Å². The molecule has 0 saturated carbocycles. The molecule has 3 rings (SSSR count). The Balaban J connectivity index is 1.72. The van der Waals surface area contributed by atoms with Gasteiger partial charge in [-0.05, 0) is 24.6 Å². The molecule has 28 heavy (non-hydrogen) atoms. The molecular formula is C17H15F5N4O2. The average Bonchev–Trinajstić information content (AvgIpc) is 2.58. The topological polar surface area (TPSA) is 78.1 Å². The number of alkyl halides is 5. The number of benzene rings is 1. The van der Waals surface area contributed by atoms with Gasteiger partial charge in [-0.3, -0.25) is 14.6 Å². The summed E-state index contributed by atoms with van der Waals surface area (Å²) in [5, 5.41) is 2.51. The third-order valence-corrected chi connectivity index (χ3v) is 4.19. The number of hydrogen-bond donors (Lipinski definition) is 2. The molecule has 1 aliphatic rings. The summed E-state index contributed by atoms with van der Waals surface area (Å²) in [5.41, 5.74) is -1.38. The molecule has 11 heteroatoms. The lowest BCUT2D eigenvalue weighted by atomic mass is 10.1. The molecule has 1 aliphatic heterocycles. The number of rotatable bonds is 4. The van der Waals surface area contributed by atoms with Gasteiger partial charge in [0.15, 0.2) is 0 Å². The fraction of sp³-hybridized carbons (Fsp3) is 0.353. The number of nitrogens with zero attached hydrogens (tertiary/aromatic N) is 2. The maximum Gasteiger partial charge on any atom is 0.416 e. The predicted molar refractivity (Wildman–Crippen MR) is 89.3 cm³/mol. The van der Waals surface area contributed by atoms with Gasteiger partial charge in [0.05, 0.1) is 24.7 Å². The lowest BCUT2D eigenvalue weighted by Crippen LogP contribution is -2.57. The molecule has 1 fully saturated rings. The zero-order chi connectivity index (χ0) is 20.7. The second-order valence-electron chi connectivity index (χ2n) is 6.48. The Morgan fingerprint density at radius 3 is 2.39 bits per heavy atom. The summed E-state index contributed by atoms with van der Waals surface area (Å²) < 4.78 is 63.8. The molecule has 1 amide bonds. The molecule has 1 aromatic carbocycles. The molecule has 1 saturated heterocycles. The maximum atomic E-state index is 13.0. The largest absolute Gasteiger partial charge is 0.416 e. The molecule has 1 aromatic heterocycles. The van der Waals surface area contributed by atoms with Crippen LogP contribution in [0.3, 0.4) is 0 Å². The zero-order valence-electron chi connectivity index (χ0n) is 14.5. The van der Waals surface area contributed by atoms with Crippen LogP contribution in [0.15, 0.2) is 35.1 Å². The van der Waals surface area contributed by atoms with Crippen LogP contribution >= 0.6 is 0 Å². The Morgan fingerprint density at radius 2 is 1.86 bits per heavy atom. The molecule has 2 aromatic rings. The number of hydrogen-bond acceptors (Lipinski definition) is 4. The van der Waals surface area contributed by atoms with Crippen molar-refractivity contribution in [2.75, 3.05) is 18.0 Å². The SMILES string of the molecule is CC(NC(=O)c1cc(=O)[nH]c(N2CC(F)(F)C2)n1)c1ccc(C(F)(F)F)cc1. The molecule has 2 N–H and O–H groups in total. The summed E-state index contributed by atoms with van der Waals surface area (Å²) in [5.74, 6) is -3.79. The quantitative estimate of drug-likeness (QED) is 0.771. The van der Waals surface area contributed by atoms with Gasteiger partial charge in [0.1, 0.15) is 5.69 Å². The summed E-state index contributed by atoms with van der Waals surface area (Å²) in [6.07, 6.45) is -4.47. The number of carbonyl (C=O) groups is 1. The monoisotopic (exact) mass is 402 g/mol. The van der Waals surface area contributed by atoms with Crippen molar-refractivity contribution in [2.45, 2.75) is 25.1 Å². The van der Waals surface area contributed by atoms with E-state index in [0.29, 0.717) is 5.56 Å². The molecule has 0 spiro atoms. The van der Waals surface area contributed by atoms with Crippen LogP contribution < -0.4 is 15.8 Å². The first-order valence-corrected chi connectivity index (χ1v) is 8.17. The van der Waals surface area contributed by atoms with Gasteiger partial charge < -0.3 is 10.2 Å². The van der Waals surface area contributed by atoms with E-state index in [1.54, 1.807) is 6.92 Å². The summed E-state index contributed by atoms with van der Waals surface area (Å²) in [4.78, 5) is 31.4.